The molecule has 1 atom stereocenters. The lowest BCUT2D eigenvalue weighted by molar-refractivity contribution is -0.125. The molecule has 0 saturated heterocycles. The number of nitriles is 2. The third-order valence-electron chi connectivity index (χ3n) is 2.08. The molecule has 7 heteroatoms. The molecule has 0 aromatic heterocycles. The van der Waals surface area contributed by atoms with E-state index in [9.17, 15) is 17.6 Å². The molecule has 1 unspecified atom stereocenters. The molecule has 1 aromatic carbocycles. The van der Waals surface area contributed by atoms with E-state index in [0.717, 1.165) is 18.2 Å². The molecule has 1 rings (SSSR count). The minimum Gasteiger partial charge on any atom is -0.290 e. The minimum absolute atomic E-state index is 0.111. The average molecular weight is 257 g/mol. The van der Waals surface area contributed by atoms with Crippen LogP contribution in [-0.4, -0.2) is 12.7 Å². The summed E-state index contributed by atoms with van der Waals surface area (Å²) in [6.07, 6.45) is -4.45. The van der Waals surface area contributed by atoms with E-state index >= 15 is 0 Å². The second-order valence-corrected chi connectivity index (χ2v) is 3.41. The Kier molecular flexibility index (Phi) is 4.24. The van der Waals surface area contributed by atoms with Gasteiger partial charge in [0.15, 0.2) is 0 Å². The molecule has 0 radical (unpaired) electrons. The predicted molar refractivity (Wildman–Crippen MR) is 53.5 cm³/mol. The Morgan fingerprint density at radius 3 is 2.44 bits per heavy atom. The van der Waals surface area contributed by atoms with Gasteiger partial charge in [-0.05, 0) is 17.7 Å². The molecule has 0 spiro atoms. The SMILES string of the molecule is N#Cc1cc(C(C#N)NCC(F)(F)F)ccc1F. The van der Waals surface area contributed by atoms with Crippen LogP contribution >= 0.6 is 0 Å². The summed E-state index contributed by atoms with van der Waals surface area (Å²) in [5, 5.41) is 19.3. The largest absolute Gasteiger partial charge is 0.401 e. The summed E-state index contributed by atoms with van der Waals surface area (Å²) < 4.78 is 49.0. The fraction of sp³-hybridized carbons (Fsp3) is 0.273. The van der Waals surface area contributed by atoms with Crippen LogP contribution in [0, 0.1) is 28.5 Å². The average Bonchev–Trinajstić information content (AvgIpc) is 2.30. The third-order valence-corrected chi connectivity index (χ3v) is 2.08. The highest BCUT2D eigenvalue weighted by molar-refractivity contribution is 5.37. The zero-order valence-corrected chi connectivity index (χ0v) is 8.92. The normalized spacial score (nSPS) is 12.6. The summed E-state index contributed by atoms with van der Waals surface area (Å²) >= 11 is 0. The maximum atomic E-state index is 13.0. The van der Waals surface area contributed by atoms with E-state index in [-0.39, 0.29) is 11.1 Å². The summed E-state index contributed by atoms with van der Waals surface area (Å²) in [5.74, 6) is -0.784. The maximum absolute atomic E-state index is 13.0. The van der Waals surface area contributed by atoms with E-state index in [1.165, 1.54) is 0 Å². The van der Waals surface area contributed by atoms with Crippen molar-refractivity contribution in [1.82, 2.24) is 5.32 Å². The van der Waals surface area contributed by atoms with Crippen LogP contribution in [0.15, 0.2) is 18.2 Å². The molecular formula is C11H7F4N3. The van der Waals surface area contributed by atoms with Gasteiger partial charge >= 0.3 is 6.18 Å². The topological polar surface area (TPSA) is 59.6 Å². The van der Waals surface area contributed by atoms with Crippen LogP contribution in [0.2, 0.25) is 0 Å². The Morgan fingerprint density at radius 1 is 1.28 bits per heavy atom. The molecular weight excluding hydrogens is 250 g/mol. The molecule has 0 heterocycles. The first-order valence-corrected chi connectivity index (χ1v) is 4.76. The molecule has 0 aliphatic carbocycles. The van der Waals surface area contributed by atoms with Crippen molar-refractivity contribution in [3.05, 3.63) is 35.1 Å². The Balaban J connectivity index is 2.91. The maximum Gasteiger partial charge on any atom is 0.401 e. The van der Waals surface area contributed by atoms with Crippen LogP contribution in [-0.2, 0) is 0 Å². The first-order valence-electron chi connectivity index (χ1n) is 4.76. The van der Waals surface area contributed by atoms with Crippen molar-refractivity contribution in [2.24, 2.45) is 0 Å². The number of alkyl halides is 3. The van der Waals surface area contributed by atoms with Crippen molar-refractivity contribution < 1.29 is 17.6 Å². The number of hydrogen-bond acceptors (Lipinski definition) is 3. The summed E-state index contributed by atoms with van der Waals surface area (Å²) in [6.45, 7) is -1.34. The summed E-state index contributed by atoms with van der Waals surface area (Å²) in [6, 6.07) is 5.07. The minimum atomic E-state index is -4.45. The lowest BCUT2D eigenvalue weighted by Crippen LogP contribution is -2.31. The zero-order chi connectivity index (χ0) is 13.8. The van der Waals surface area contributed by atoms with Gasteiger partial charge in [0.25, 0.3) is 0 Å². The number of nitrogens with one attached hydrogen (secondary N) is 1. The Bertz CT molecular complexity index is 510. The van der Waals surface area contributed by atoms with Crippen molar-refractivity contribution in [3.8, 4) is 12.1 Å². The quantitative estimate of drug-likeness (QED) is 0.846. The van der Waals surface area contributed by atoms with Crippen LogP contribution < -0.4 is 5.32 Å². The highest BCUT2D eigenvalue weighted by Gasteiger charge is 2.28. The Morgan fingerprint density at radius 2 is 1.94 bits per heavy atom. The van der Waals surface area contributed by atoms with Gasteiger partial charge in [-0.25, -0.2) is 4.39 Å². The fourth-order valence-electron chi connectivity index (χ4n) is 1.26. The lowest BCUT2D eigenvalue weighted by Gasteiger charge is -2.13. The van der Waals surface area contributed by atoms with Crippen LogP contribution in [0.25, 0.3) is 0 Å². The monoisotopic (exact) mass is 257 g/mol. The summed E-state index contributed by atoms with van der Waals surface area (Å²) in [4.78, 5) is 0. The van der Waals surface area contributed by atoms with Crippen molar-refractivity contribution >= 4 is 0 Å². The Hall–Kier alpha value is -2.12. The zero-order valence-electron chi connectivity index (χ0n) is 8.92. The molecule has 0 saturated carbocycles. The number of nitrogens with zero attached hydrogens (tertiary/aromatic N) is 2. The first kappa shape index (κ1) is 13.9. The van der Waals surface area contributed by atoms with Crippen molar-refractivity contribution in [2.75, 3.05) is 6.54 Å². The van der Waals surface area contributed by atoms with E-state index < -0.39 is 24.6 Å². The van der Waals surface area contributed by atoms with Gasteiger partial charge < -0.3 is 0 Å². The highest BCUT2D eigenvalue weighted by Crippen LogP contribution is 2.19. The summed E-state index contributed by atoms with van der Waals surface area (Å²) in [7, 11) is 0. The Labute approximate surface area is 100 Å². The number of benzene rings is 1. The van der Waals surface area contributed by atoms with Gasteiger partial charge in [0.05, 0.1) is 18.2 Å². The van der Waals surface area contributed by atoms with E-state index in [4.69, 9.17) is 10.5 Å². The van der Waals surface area contributed by atoms with E-state index in [0.29, 0.717) is 0 Å². The van der Waals surface area contributed by atoms with Gasteiger partial charge in [-0.2, -0.15) is 23.7 Å². The number of rotatable bonds is 3. The van der Waals surface area contributed by atoms with Gasteiger partial charge in [-0.3, -0.25) is 5.32 Å². The number of hydrogen-bond donors (Lipinski definition) is 1. The molecule has 0 amide bonds. The van der Waals surface area contributed by atoms with Crippen molar-refractivity contribution in [1.29, 1.82) is 10.5 Å². The van der Waals surface area contributed by atoms with E-state index in [1.54, 1.807) is 12.1 Å². The van der Waals surface area contributed by atoms with E-state index in [1.807, 2.05) is 5.32 Å². The molecule has 0 fully saturated rings. The highest BCUT2D eigenvalue weighted by atomic mass is 19.4. The van der Waals surface area contributed by atoms with Crippen LogP contribution in [0.3, 0.4) is 0 Å². The van der Waals surface area contributed by atoms with Gasteiger partial charge in [-0.15, -0.1) is 0 Å². The molecule has 3 nitrogen and oxygen atoms in total. The molecule has 0 aliphatic rings. The molecule has 1 N–H and O–H groups in total. The van der Waals surface area contributed by atoms with E-state index in [2.05, 4.69) is 0 Å². The predicted octanol–water partition coefficient (Wildman–Crippen LogP) is 2.41. The van der Waals surface area contributed by atoms with Crippen LogP contribution in [0.1, 0.15) is 17.2 Å². The first-order chi connectivity index (χ1) is 8.37. The second kappa shape index (κ2) is 5.48. The van der Waals surface area contributed by atoms with Gasteiger partial charge in [-0.1, -0.05) is 6.07 Å². The number of halogens is 4. The molecule has 1 aromatic rings. The standard InChI is InChI=1S/C11H7F4N3/c12-9-2-1-7(3-8(9)4-16)10(5-17)18-6-11(13,14)15/h1-3,10,18H,6H2. The molecule has 0 bridgehead atoms. The van der Waals surface area contributed by atoms with Crippen molar-refractivity contribution in [2.45, 2.75) is 12.2 Å². The molecule has 18 heavy (non-hydrogen) atoms. The molecule has 0 aliphatic heterocycles. The smallest absolute Gasteiger partial charge is 0.290 e. The molecule has 94 valence electrons. The van der Waals surface area contributed by atoms with Crippen LogP contribution in [0.4, 0.5) is 17.6 Å². The fourth-order valence-corrected chi connectivity index (χ4v) is 1.26. The van der Waals surface area contributed by atoms with Crippen LogP contribution in [0.5, 0.6) is 0 Å². The van der Waals surface area contributed by atoms with Gasteiger partial charge in [0.1, 0.15) is 17.9 Å². The second-order valence-electron chi connectivity index (χ2n) is 3.41. The van der Waals surface area contributed by atoms with Gasteiger partial charge in [0, 0.05) is 0 Å². The summed E-state index contributed by atoms with van der Waals surface area (Å²) in [5.41, 5.74) is -0.207. The lowest BCUT2D eigenvalue weighted by atomic mass is 10.0. The third kappa shape index (κ3) is 3.72. The van der Waals surface area contributed by atoms with Gasteiger partial charge in [0.2, 0.25) is 0 Å². The van der Waals surface area contributed by atoms with Crippen molar-refractivity contribution in [3.63, 3.8) is 0 Å².